The van der Waals surface area contributed by atoms with Gasteiger partial charge in [-0.25, -0.2) is 4.39 Å². The molecule has 0 aromatic heterocycles. The van der Waals surface area contributed by atoms with Crippen molar-refractivity contribution in [3.05, 3.63) is 65.5 Å². The Balaban J connectivity index is 1.54. The van der Waals surface area contributed by atoms with E-state index in [1.807, 2.05) is 18.2 Å². The van der Waals surface area contributed by atoms with Gasteiger partial charge in [0, 0.05) is 24.5 Å². The van der Waals surface area contributed by atoms with E-state index in [1.165, 1.54) is 17.7 Å². The number of alkyl halides is 2. The van der Waals surface area contributed by atoms with Crippen LogP contribution in [0.25, 0.3) is 0 Å². The molecule has 2 saturated heterocycles. The molecule has 4 rings (SSSR count). The van der Waals surface area contributed by atoms with Crippen molar-refractivity contribution in [1.82, 2.24) is 4.90 Å². The lowest BCUT2D eigenvalue weighted by Gasteiger charge is -2.48. The predicted octanol–water partition coefficient (Wildman–Crippen LogP) is 4.29. The Morgan fingerprint density at radius 3 is 2.41 bits per heavy atom. The summed E-state index contributed by atoms with van der Waals surface area (Å²) in [6.07, 6.45) is 0.981. The lowest BCUT2D eigenvalue weighted by atomic mass is 9.80. The van der Waals surface area contributed by atoms with Crippen molar-refractivity contribution in [2.24, 2.45) is 5.92 Å². The standard InChI is InChI=1S/C22H22F3NO3/c23-18-7-4-8-19(29-22(24)25)20(18)21(27)15-9-16-12-28-13-17(10-15)26(16)11-14-5-2-1-3-6-14/h1-8,15-17,22H,9-13H2. The first-order valence-corrected chi connectivity index (χ1v) is 9.68. The van der Waals surface area contributed by atoms with Gasteiger partial charge in [-0.05, 0) is 30.5 Å². The fourth-order valence-corrected chi connectivity index (χ4v) is 4.40. The van der Waals surface area contributed by atoms with Crippen LogP contribution in [0.2, 0.25) is 0 Å². The highest BCUT2D eigenvalue weighted by atomic mass is 19.3. The summed E-state index contributed by atoms with van der Waals surface area (Å²) in [4.78, 5) is 15.4. The number of carbonyl (C=O) groups excluding carboxylic acids is 1. The molecule has 2 aliphatic rings. The number of Topliss-reactive ketones (excluding diaryl/α,β-unsaturated/α-hetero) is 1. The van der Waals surface area contributed by atoms with E-state index >= 15 is 0 Å². The second-order valence-corrected chi connectivity index (χ2v) is 7.53. The Labute approximate surface area is 167 Å². The van der Waals surface area contributed by atoms with Gasteiger partial charge in [0.15, 0.2) is 5.78 Å². The first-order chi connectivity index (χ1) is 14.0. The Morgan fingerprint density at radius 2 is 1.76 bits per heavy atom. The summed E-state index contributed by atoms with van der Waals surface area (Å²) in [7, 11) is 0. The quantitative estimate of drug-likeness (QED) is 0.672. The highest BCUT2D eigenvalue weighted by Gasteiger charge is 2.42. The number of carbonyl (C=O) groups is 1. The molecule has 2 bridgehead atoms. The van der Waals surface area contributed by atoms with Crippen LogP contribution >= 0.6 is 0 Å². The molecular formula is C22H22F3NO3. The topological polar surface area (TPSA) is 38.8 Å². The summed E-state index contributed by atoms with van der Waals surface area (Å²) in [6.45, 7) is -1.39. The average molecular weight is 405 g/mol. The zero-order valence-corrected chi connectivity index (χ0v) is 15.8. The normalized spacial score (nSPS) is 24.5. The molecular weight excluding hydrogens is 383 g/mol. The number of fused-ring (bicyclic) bond motifs is 2. The van der Waals surface area contributed by atoms with Crippen molar-refractivity contribution in [3.8, 4) is 5.75 Å². The van der Waals surface area contributed by atoms with E-state index in [0.717, 1.165) is 12.6 Å². The summed E-state index contributed by atoms with van der Waals surface area (Å²) in [5.41, 5.74) is 0.796. The largest absolute Gasteiger partial charge is 0.434 e. The number of piperidine rings is 1. The van der Waals surface area contributed by atoms with Crippen molar-refractivity contribution in [2.45, 2.75) is 38.1 Å². The number of ether oxygens (including phenoxy) is 2. The monoisotopic (exact) mass is 405 g/mol. The molecule has 0 spiro atoms. The van der Waals surface area contributed by atoms with Crippen molar-refractivity contribution in [3.63, 3.8) is 0 Å². The molecule has 2 aromatic carbocycles. The lowest BCUT2D eigenvalue weighted by Crippen LogP contribution is -2.57. The van der Waals surface area contributed by atoms with Gasteiger partial charge in [-0.2, -0.15) is 8.78 Å². The summed E-state index contributed by atoms with van der Waals surface area (Å²) in [6, 6.07) is 13.6. The van der Waals surface area contributed by atoms with Gasteiger partial charge in [0.1, 0.15) is 11.6 Å². The highest BCUT2D eigenvalue weighted by Crippen LogP contribution is 2.37. The average Bonchev–Trinajstić information content (AvgIpc) is 2.68. The van der Waals surface area contributed by atoms with E-state index in [9.17, 15) is 18.0 Å². The molecule has 2 aliphatic heterocycles. The van der Waals surface area contributed by atoms with Gasteiger partial charge in [-0.1, -0.05) is 36.4 Å². The van der Waals surface area contributed by atoms with Crippen LogP contribution < -0.4 is 4.74 Å². The van der Waals surface area contributed by atoms with E-state index in [4.69, 9.17) is 4.74 Å². The fourth-order valence-electron chi connectivity index (χ4n) is 4.40. The van der Waals surface area contributed by atoms with Crippen LogP contribution in [0.1, 0.15) is 28.8 Å². The van der Waals surface area contributed by atoms with Crippen LogP contribution in [0.15, 0.2) is 48.5 Å². The van der Waals surface area contributed by atoms with E-state index in [0.29, 0.717) is 26.1 Å². The Morgan fingerprint density at radius 1 is 1.07 bits per heavy atom. The summed E-state index contributed by atoms with van der Waals surface area (Å²) in [5.74, 6) is -2.17. The van der Waals surface area contributed by atoms with Crippen LogP contribution in [0, 0.1) is 11.7 Å². The van der Waals surface area contributed by atoms with Gasteiger partial charge >= 0.3 is 6.61 Å². The third-order valence-electron chi connectivity index (χ3n) is 5.69. The van der Waals surface area contributed by atoms with Gasteiger partial charge in [0.05, 0.1) is 18.8 Å². The second-order valence-electron chi connectivity index (χ2n) is 7.53. The highest BCUT2D eigenvalue weighted by molar-refractivity contribution is 6.00. The van der Waals surface area contributed by atoms with Crippen molar-refractivity contribution >= 4 is 5.78 Å². The molecule has 2 aromatic rings. The predicted molar refractivity (Wildman–Crippen MR) is 100 cm³/mol. The number of rotatable bonds is 6. The molecule has 2 unspecified atom stereocenters. The van der Waals surface area contributed by atoms with Crippen molar-refractivity contribution in [1.29, 1.82) is 0 Å². The van der Waals surface area contributed by atoms with E-state index in [1.54, 1.807) is 0 Å². The number of benzene rings is 2. The molecule has 0 amide bonds. The van der Waals surface area contributed by atoms with Gasteiger partial charge < -0.3 is 9.47 Å². The number of ketones is 1. The number of halogens is 3. The Bertz CT molecular complexity index is 848. The van der Waals surface area contributed by atoms with Gasteiger partial charge in [0.25, 0.3) is 0 Å². The van der Waals surface area contributed by atoms with E-state index in [-0.39, 0.29) is 17.6 Å². The molecule has 154 valence electrons. The molecule has 2 heterocycles. The lowest BCUT2D eigenvalue weighted by molar-refractivity contribution is -0.0874. The van der Waals surface area contributed by atoms with E-state index in [2.05, 4.69) is 21.8 Å². The van der Waals surface area contributed by atoms with Crippen molar-refractivity contribution < 1.29 is 27.4 Å². The zero-order chi connectivity index (χ0) is 20.4. The number of nitrogens with zero attached hydrogens (tertiary/aromatic N) is 1. The minimum absolute atomic E-state index is 0.0166. The molecule has 4 nitrogen and oxygen atoms in total. The molecule has 7 heteroatoms. The Kier molecular flexibility index (Phi) is 5.87. The maximum atomic E-state index is 14.4. The molecule has 0 radical (unpaired) electrons. The van der Waals surface area contributed by atoms with Crippen LogP contribution in [-0.4, -0.2) is 42.6 Å². The van der Waals surface area contributed by atoms with Crippen LogP contribution in [0.5, 0.6) is 5.75 Å². The zero-order valence-electron chi connectivity index (χ0n) is 15.8. The molecule has 0 aliphatic carbocycles. The second kappa shape index (κ2) is 8.55. The molecule has 0 N–H and O–H groups in total. The molecule has 2 fully saturated rings. The minimum Gasteiger partial charge on any atom is -0.434 e. The number of hydrogen-bond donors (Lipinski definition) is 0. The fraction of sp³-hybridized carbons (Fsp3) is 0.409. The third kappa shape index (κ3) is 4.31. The van der Waals surface area contributed by atoms with Gasteiger partial charge in [-0.15, -0.1) is 0 Å². The molecule has 0 saturated carbocycles. The maximum Gasteiger partial charge on any atom is 0.387 e. The van der Waals surface area contributed by atoms with Crippen LogP contribution in [0.3, 0.4) is 0 Å². The SMILES string of the molecule is O=C(c1c(F)cccc1OC(F)F)C1CC2COCC(C1)N2Cc1ccccc1. The summed E-state index contributed by atoms with van der Waals surface area (Å²) in [5, 5.41) is 0. The first-order valence-electron chi connectivity index (χ1n) is 9.68. The summed E-state index contributed by atoms with van der Waals surface area (Å²) < 4.78 is 49.9. The number of morpholine rings is 1. The van der Waals surface area contributed by atoms with Gasteiger partial charge in [-0.3, -0.25) is 9.69 Å². The summed E-state index contributed by atoms with van der Waals surface area (Å²) >= 11 is 0. The maximum absolute atomic E-state index is 14.4. The molecule has 2 atom stereocenters. The van der Waals surface area contributed by atoms with E-state index < -0.39 is 29.9 Å². The first kappa shape index (κ1) is 19.9. The van der Waals surface area contributed by atoms with Crippen LogP contribution in [-0.2, 0) is 11.3 Å². The third-order valence-corrected chi connectivity index (χ3v) is 5.69. The smallest absolute Gasteiger partial charge is 0.387 e. The molecule has 29 heavy (non-hydrogen) atoms. The van der Waals surface area contributed by atoms with Crippen molar-refractivity contribution in [2.75, 3.05) is 13.2 Å². The Hall–Kier alpha value is -2.38. The van der Waals surface area contributed by atoms with Gasteiger partial charge in [0.2, 0.25) is 0 Å². The van der Waals surface area contributed by atoms with Crippen LogP contribution in [0.4, 0.5) is 13.2 Å². The number of hydrogen-bond acceptors (Lipinski definition) is 4. The minimum atomic E-state index is -3.12.